The SMILES string of the molecule is CCN(CCCCC(=O)O)C(=O)C(CCSC)NC(=O)OCC1c2ccccc2-c2ccccc21. The Morgan fingerprint density at radius 3 is 2.26 bits per heavy atom. The number of thioether (sulfide) groups is 1. The Balaban J connectivity index is 1.61. The van der Waals surface area contributed by atoms with Gasteiger partial charge >= 0.3 is 12.1 Å². The predicted octanol–water partition coefficient (Wildman–Crippen LogP) is 4.75. The van der Waals surface area contributed by atoms with Gasteiger partial charge in [0.15, 0.2) is 0 Å². The van der Waals surface area contributed by atoms with E-state index in [2.05, 4.69) is 29.6 Å². The number of carboxylic acids is 1. The molecule has 2 aromatic carbocycles. The molecule has 8 heteroatoms. The Bertz CT molecular complexity index is 983. The molecule has 0 saturated carbocycles. The highest BCUT2D eigenvalue weighted by Gasteiger charge is 2.30. The summed E-state index contributed by atoms with van der Waals surface area (Å²) in [5.41, 5.74) is 4.59. The van der Waals surface area contributed by atoms with Crippen LogP contribution in [0.25, 0.3) is 11.1 Å². The number of amides is 2. The zero-order valence-corrected chi connectivity index (χ0v) is 21.2. The maximum absolute atomic E-state index is 13.2. The van der Waals surface area contributed by atoms with E-state index < -0.39 is 18.1 Å². The van der Waals surface area contributed by atoms with Crippen LogP contribution in [0, 0.1) is 0 Å². The maximum Gasteiger partial charge on any atom is 0.407 e. The quantitative estimate of drug-likeness (QED) is 0.387. The largest absolute Gasteiger partial charge is 0.481 e. The Labute approximate surface area is 211 Å². The fraction of sp³-hybridized carbons (Fsp3) is 0.444. The fourth-order valence-electron chi connectivity index (χ4n) is 4.50. The molecule has 35 heavy (non-hydrogen) atoms. The van der Waals surface area contributed by atoms with E-state index in [0.717, 1.165) is 28.0 Å². The van der Waals surface area contributed by atoms with E-state index in [1.165, 1.54) is 0 Å². The number of unbranched alkanes of at least 4 members (excludes halogenated alkanes) is 1. The van der Waals surface area contributed by atoms with Gasteiger partial charge in [0, 0.05) is 25.4 Å². The summed E-state index contributed by atoms with van der Waals surface area (Å²) in [5, 5.41) is 11.6. The van der Waals surface area contributed by atoms with Crippen molar-refractivity contribution in [1.29, 1.82) is 0 Å². The van der Waals surface area contributed by atoms with Crippen molar-refractivity contribution in [3.63, 3.8) is 0 Å². The standard InChI is InChI=1S/C27H34N2O5S/c1-3-29(16-9-8-14-25(30)31)26(32)24(15-17-35-2)28-27(33)34-18-23-21-12-6-4-10-19(21)20-11-5-7-13-22(20)23/h4-7,10-13,23-24H,3,8-9,14-18H2,1-2H3,(H,28,33)(H,30,31). The van der Waals surface area contributed by atoms with Crippen molar-refractivity contribution in [2.75, 3.05) is 31.7 Å². The van der Waals surface area contributed by atoms with E-state index in [-0.39, 0.29) is 24.9 Å². The van der Waals surface area contributed by atoms with E-state index >= 15 is 0 Å². The molecule has 1 atom stereocenters. The molecule has 0 spiro atoms. The second kappa shape index (κ2) is 13.2. The fourth-order valence-corrected chi connectivity index (χ4v) is 4.97. The lowest BCUT2D eigenvalue weighted by molar-refractivity contribution is -0.137. The molecule has 0 radical (unpaired) electrons. The summed E-state index contributed by atoms with van der Waals surface area (Å²) in [4.78, 5) is 38.4. The molecule has 7 nitrogen and oxygen atoms in total. The first-order valence-corrected chi connectivity index (χ1v) is 13.5. The van der Waals surface area contributed by atoms with Gasteiger partial charge < -0.3 is 20.1 Å². The highest BCUT2D eigenvalue weighted by molar-refractivity contribution is 7.98. The zero-order valence-electron chi connectivity index (χ0n) is 20.4. The third-order valence-corrected chi connectivity index (χ3v) is 6.95. The Morgan fingerprint density at radius 1 is 1.06 bits per heavy atom. The molecule has 0 heterocycles. The molecule has 0 saturated heterocycles. The van der Waals surface area contributed by atoms with Crippen LogP contribution in [0.1, 0.15) is 49.7 Å². The molecule has 1 aliphatic carbocycles. The zero-order chi connectivity index (χ0) is 25.2. The van der Waals surface area contributed by atoms with E-state index in [9.17, 15) is 14.4 Å². The van der Waals surface area contributed by atoms with E-state index in [0.29, 0.717) is 32.4 Å². The van der Waals surface area contributed by atoms with Crippen LogP contribution >= 0.6 is 11.8 Å². The lowest BCUT2D eigenvalue weighted by Gasteiger charge is -2.27. The molecule has 3 rings (SSSR count). The van der Waals surface area contributed by atoms with Crippen molar-refractivity contribution < 1.29 is 24.2 Å². The molecule has 0 aliphatic heterocycles. The first kappa shape index (κ1) is 26.6. The number of benzene rings is 2. The van der Waals surface area contributed by atoms with Gasteiger partial charge in [-0.3, -0.25) is 9.59 Å². The van der Waals surface area contributed by atoms with E-state index in [1.807, 2.05) is 37.4 Å². The highest BCUT2D eigenvalue weighted by Crippen LogP contribution is 2.44. The average molecular weight is 499 g/mol. The Kier molecular flexibility index (Phi) is 10.0. The van der Waals surface area contributed by atoms with Gasteiger partial charge in [0.2, 0.25) is 5.91 Å². The van der Waals surface area contributed by atoms with Gasteiger partial charge in [-0.15, -0.1) is 0 Å². The molecule has 0 aromatic heterocycles. The number of fused-ring (bicyclic) bond motifs is 3. The van der Waals surface area contributed by atoms with Gasteiger partial charge in [-0.05, 0) is 60.4 Å². The molecule has 1 aliphatic rings. The summed E-state index contributed by atoms with van der Waals surface area (Å²) in [6.07, 6.45) is 3.04. The minimum absolute atomic E-state index is 0.0464. The number of aliphatic carboxylic acids is 1. The summed E-state index contributed by atoms with van der Waals surface area (Å²) in [5.74, 6) is -0.328. The van der Waals surface area contributed by atoms with Crippen LogP contribution in [0.4, 0.5) is 4.79 Å². The predicted molar refractivity (Wildman–Crippen MR) is 139 cm³/mol. The minimum Gasteiger partial charge on any atom is -0.481 e. The number of rotatable bonds is 13. The summed E-state index contributed by atoms with van der Waals surface area (Å²) in [6, 6.07) is 15.6. The summed E-state index contributed by atoms with van der Waals surface area (Å²) in [6.45, 7) is 3.03. The van der Waals surface area contributed by atoms with Crippen LogP contribution in [0.15, 0.2) is 48.5 Å². The Morgan fingerprint density at radius 2 is 1.69 bits per heavy atom. The number of alkyl carbamates (subject to hydrolysis) is 1. The number of carboxylic acid groups (broad SMARTS) is 1. The minimum atomic E-state index is -0.839. The molecule has 0 bridgehead atoms. The number of nitrogens with zero attached hydrogens (tertiary/aromatic N) is 1. The van der Waals surface area contributed by atoms with Crippen molar-refractivity contribution in [3.05, 3.63) is 59.7 Å². The van der Waals surface area contributed by atoms with Crippen LogP contribution in [0.3, 0.4) is 0 Å². The smallest absolute Gasteiger partial charge is 0.407 e. The lowest BCUT2D eigenvalue weighted by atomic mass is 9.98. The Hall–Kier alpha value is -3.00. The monoisotopic (exact) mass is 498 g/mol. The second-order valence-electron chi connectivity index (χ2n) is 8.57. The number of nitrogens with one attached hydrogen (secondary N) is 1. The average Bonchev–Trinajstić information content (AvgIpc) is 3.18. The van der Waals surface area contributed by atoms with Crippen molar-refractivity contribution in [2.45, 2.75) is 44.6 Å². The molecule has 1 unspecified atom stereocenters. The third kappa shape index (κ3) is 7.01. The molecule has 0 fully saturated rings. The van der Waals surface area contributed by atoms with Crippen LogP contribution < -0.4 is 5.32 Å². The molecule has 188 valence electrons. The van der Waals surface area contributed by atoms with Crippen LogP contribution in [0.5, 0.6) is 0 Å². The number of carbonyl (C=O) groups is 3. The van der Waals surface area contributed by atoms with Gasteiger partial charge in [0.25, 0.3) is 0 Å². The van der Waals surface area contributed by atoms with Gasteiger partial charge in [-0.2, -0.15) is 11.8 Å². The molecule has 2 amide bonds. The summed E-state index contributed by atoms with van der Waals surface area (Å²) in [7, 11) is 0. The number of likely N-dealkylation sites (N-methyl/N-ethyl adjacent to an activating group) is 1. The van der Waals surface area contributed by atoms with Crippen molar-refractivity contribution >= 4 is 29.7 Å². The lowest BCUT2D eigenvalue weighted by Crippen LogP contribution is -2.49. The van der Waals surface area contributed by atoms with Gasteiger partial charge in [0.05, 0.1) is 0 Å². The van der Waals surface area contributed by atoms with Crippen LogP contribution in [-0.2, 0) is 14.3 Å². The second-order valence-corrected chi connectivity index (χ2v) is 9.56. The molecular weight excluding hydrogens is 464 g/mol. The molecular formula is C27H34N2O5S. The number of ether oxygens (including phenoxy) is 1. The number of carbonyl (C=O) groups excluding carboxylic acids is 2. The molecule has 2 N–H and O–H groups in total. The van der Waals surface area contributed by atoms with Crippen molar-refractivity contribution in [1.82, 2.24) is 10.2 Å². The van der Waals surface area contributed by atoms with Crippen molar-refractivity contribution in [3.8, 4) is 11.1 Å². The highest BCUT2D eigenvalue weighted by atomic mass is 32.2. The normalized spacial score (nSPS) is 13.0. The van der Waals surface area contributed by atoms with Crippen molar-refractivity contribution in [2.24, 2.45) is 0 Å². The first-order valence-electron chi connectivity index (χ1n) is 12.1. The summed E-state index contributed by atoms with van der Waals surface area (Å²) >= 11 is 1.61. The maximum atomic E-state index is 13.2. The van der Waals surface area contributed by atoms with Gasteiger partial charge in [-0.25, -0.2) is 4.79 Å². The first-order chi connectivity index (χ1) is 17.0. The topological polar surface area (TPSA) is 95.9 Å². The van der Waals surface area contributed by atoms with Crippen LogP contribution in [-0.4, -0.2) is 65.7 Å². The third-order valence-electron chi connectivity index (χ3n) is 6.31. The number of hydrogen-bond donors (Lipinski definition) is 2. The van der Waals surface area contributed by atoms with Gasteiger partial charge in [0.1, 0.15) is 12.6 Å². The van der Waals surface area contributed by atoms with Crippen LogP contribution in [0.2, 0.25) is 0 Å². The van der Waals surface area contributed by atoms with E-state index in [1.54, 1.807) is 16.7 Å². The molecule has 2 aromatic rings. The number of hydrogen-bond acceptors (Lipinski definition) is 5. The van der Waals surface area contributed by atoms with Gasteiger partial charge in [-0.1, -0.05) is 48.5 Å². The van der Waals surface area contributed by atoms with E-state index in [4.69, 9.17) is 9.84 Å². The summed E-state index contributed by atoms with van der Waals surface area (Å²) < 4.78 is 5.65.